The molecule has 111 heavy (non-hydrogen) atoms. The summed E-state index contributed by atoms with van der Waals surface area (Å²) in [6, 6.07) is 58.3. The maximum absolute atomic E-state index is 8.87. The van der Waals surface area contributed by atoms with Crippen molar-refractivity contribution in [2.24, 2.45) is 42.3 Å². The van der Waals surface area contributed by atoms with Crippen molar-refractivity contribution in [3.05, 3.63) is 319 Å². The molecule has 0 atom stereocenters. The van der Waals surface area contributed by atoms with Gasteiger partial charge in [-0.05, 0) is 247 Å². The van der Waals surface area contributed by atoms with Crippen LogP contribution in [0.5, 0.6) is 0 Å². The van der Waals surface area contributed by atoms with E-state index in [2.05, 4.69) is 80.9 Å². The maximum atomic E-state index is 8.87. The van der Waals surface area contributed by atoms with Crippen LogP contribution in [-0.2, 0) is 86.9 Å². The first-order chi connectivity index (χ1) is 64.0. The zero-order chi connectivity index (χ0) is 104. The standard InChI is InChI=1S/2C19H24N.3C17H22N.C16H20N/c2*1-14-8-4-7-11-17(14)19-12-18(15(2)13-20(19)3)16-9-5-6-10-16;3*1-5-14-11-17(18(4)12-15(14)6-2)16-10-8-7-9-13(16)3;1-5-14-10-16(17(4)11-13(14)3)15-9-7-6-8-12(15)2/h2*4,7-8,11-13,16H,5-6,9-10H2,1-3H3;3*7-12H,5-6H2,1-4H3;6-11H,5H2,1-4H3/q6*+1/i2D3,16D;2D3;1D3,2D3,5D2,6D2;5D2,6D2;5D2;3D3,5D2. The Balaban J connectivity index is 0.000000187. The van der Waals surface area contributed by atoms with Crippen molar-refractivity contribution in [2.45, 2.75) is 218 Å². The van der Waals surface area contributed by atoms with E-state index in [9.17, 15) is 0 Å². The van der Waals surface area contributed by atoms with Gasteiger partial charge in [-0.1, -0.05) is 183 Å². The molecule has 0 aliphatic heterocycles. The van der Waals surface area contributed by atoms with Gasteiger partial charge >= 0.3 is 0 Å². The minimum Gasteiger partial charge on any atom is -0.201 e. The molecule has 0 spiro atoms. The van der Waals surface area contributed by atoms with Crippen molar-refractivity contribution in [3.63, 3.8) is 0 Å². The molecule has 2 aliphatic carbocycles. The van der Waals surface area contributed by atoms with Gasteiger partial charge in [0.25, 0.3) is 0 Å². The highest BCUT2D eigenvalue weighted by atomic mass is 14.9. The Bertz CT molecular complexity index is 6220. The second-order valence-electron chi connectivity index (χ2n) is 29.0. The second kappa shape index (κ2) is 41.0. The zero-order valence-electron chi connectivity index (χ0n) is 96.4. The molecular weight excluding hydrogens is 1350 g/mol. The van der Waals surface area contributed by atoms with Gasteiger partial charge in [0.15, 0.2) is 37.2 Å². The van der Waals surface area contributed by atoms with Crippen LogP contribution in [0, 0.1) is 62.1 Å². The SMILES string of the molecule is [2H]C([2H])(C)c1cc(-c2ccccc2C)[n+](C)cc1C([2H])([2H])C.[2H]C([2H])(C)c1cc(-c2ccccc2C)[n+](C)cc1CC.[2H]C([2H])([2H])C([2H])([2H])c1cc(-c2ccccc2C)[n+](C)cc1C([2H])([2H])C([2H])([2H])[2H].[2H]C([2H])([2H])c1c[n+](C)c(-c2ccccc2C)cc1C([2H])([2H])C.[2H]C([2H])([2H])c1c[n+](C)c(-c2ccccc2C)cc1C1([2H])CCCC1.[2H]C([2H])([2H])c1c[n+](C)c(-c2ccccc2C)cc1C1CCCC1. The monoisotopic (exact) mass is 1510 g/mol. The second-order valence-corrected chi connectivity index (χ2v) is 29.0. The van der Waals surface area contributed by atoms with E-state index in [-0.39, 0.29) is 11.1 Å². The number of aryl methyl sites for hydroxylation is 22. The number of hydrogen-bond acceptors (Lipinski definition) is 0. The summed E-state index contributed by atoms with van der Waals surface area (Å²) in [5, 5.41) is 0. The molecule has 2 aliphatic rings. The molecule has 6 aromatic carbocycles. The number of pyridine rings is 6. The highest BCUT2D eigenvalue weighted by Gasteiger charge is 2.27. The van der Waals surface area contributed by atoms with Gasteiger partial charge in [0.1, 0.15) is 42.3 Å². The third kappa shape index (κ3) is 21.5. The Morgan fingerprint density at radius 3 is 0.883 bits per heavy atom. The quantitative estimate of drug-likeness (QED) is 0.0914. The summed E-state index contributed by atoms with van der Waals surface area (Å²) in [4.78, 5) is 0. The van der Waals surface area contributed by atoms with E-state index in [1.807, 2.05) is 178 Å². The van der Waals surface area contributed by atoms with Gasteiger partial charge < -0.3 is 0 Å². The molecule has 578 valence electrons. The van der Waals surface area contributed by atoms with Gasteiger partial charge in [0.2, 0.25) is 34.2 Å². The van der Waals surface area contributed by atoms with E-state index in [1.54, 1.807) is 62.2 Å². The lowest BCUT2D eigenvalue weighted by atomic mass is 9.92. The van der Waals surface area contributed by atoms with Crippen LogP contribution in [0.1, 0.15) is 250 Å². The molecule has 0 N–H and O–H groups in total. The van der Waals surface area contributed by atoms with Gasteiger partial charge in [-0.3, -0.25) is 0 Å². The lowest BCUT2D eigenvalue weighted by Crippen LogP contribution is -2.32. The van der Waals surface area contributed by atoms with Gasteiger partial charge in [0.05, 0.1) is 0 Å². The molecule has 0 unspecified atom stereocenters. The lowest BCUT2D eigenvalue weighted by Gasteiger charge is -2.14. The molecule has 2 fully saturated rings. The van der Waals surface area contributed by atoms with Gasteiger partial charge in [-0.15, -0.1) is 0 Å². The predicted molar refractivity (Wildman–Crippen MR) is 469 cm³/mol. The molecule has 2 saturated carbocycles. The van der Waals surface area contributed by atoms with Crippen LogP contribution in [0.4, 0.5) is 0 Å². The van der Waals surface area contributed by atoms with Crippen LogP contribution >= 0.6 is 0 Å². The summed E-state index contributed by atoms with van der Waals surface area (Å²) < 4.78 is 232. The molecule has 6 aromatic heterocycles. The Morgan fingerprint density at radius 1 is 0.288 bits per heavy atom. The van der Waals surface area contributed by atoms with Crippen molar-refractivity contribution in [1.29, 1.82) is 0 Å². The average Bonchev–Trinajstić information content (AvgIpc) is 0.789. The number of hydrogen-bond donors (Lipinski definition) is 0. The Morgan fingerprint density at radius 2 is 0.550 bits per heavy atom. The minimum absolute atomic E-state index is 0.0554. The summed E-state index contributed by atoms with van der Waals surface area (Å²) in [7, 11) is 11.1. The van der Waals surface area contributed by atoms with Crippen LogP contribution < -0.4 is 27.4 Å². The van der Waals surface area contributed by atoms with E-state index in [4.69, 9.17) is 38.4 Å². The van der Waals surface area contributed by atoms with Crippen LogP contribution in [0.3, 0.4) is 0 Å². The molecule has 12 aromatic rings. The fourth-order valence-electron chi connectivity index (χ4n) is 15.0. The van der Waals surface area contributed by atoms with Crippen molar-refractivity contribution < 1.29 is 65.8 Å². The van der Waals surface area contributed by atoms with E-state index in [1.165, 1.54) is 73.3 Å². The predicted octanol–water partition coefficient (Wildman–Crippen LogP) is 23.1. The maximum Gasteiger partial charge on any atom is 0.212 e. The third-order valence-corrected chi connectivity index (χ3v) is 21.4. The fraction of sp³-hybridized carbons (Fsp3) is 0.371. The first-order valence-electron chi connectivity index (χ1n) is 52.6. The minimum atomic E-state index is -3.12. The van der Waals surface area contributed by atoms with E-state index >= 15 is 0 Å². The molecule has 14 rings (SSSR count). The molecule has 0 saturated heterocycles. The van der Waals surface area contributed by atoms with Crippen LogP contribution in [0.15, 0.2) is 219 Å². The Labute approximate surface area is 710 Å². The van der Waals surface area contributed by atoms with E-state index in [0.29, 0.717) is 45.0 Å². The summed E-state index contributed by atoms with van der Waals surface area (Å²) in [5.74, 6) is -0.399. The largest absolute Gasteiger partial charge is 0.212 e. The van der Waals surface area contributed by atoms with Crippen molar-refractivity contribution in [2.75, 3.05) is 0 Å². The summed E-state index contributed by atoms with van der Waals surface area (Å²) in [5.41, 5.74) is 22.4. The third-order valence-electron chi connectivity index (χ3n) is 21.4. The lowest BCUT2D eigenvalue weighted by molar-refractivity contribution is -0.661. The smallest absolute Gasteiger partial charge is 0.201 e. The molecule has 6 nitrogen and oxygen atoms in total. The Kier molecular flexibility index (Phi) is 19.9. The van der Waals surface area contributed by atoms with Gasteiger partial charge in [0, 0.05) is 142 Å². The topological polar surface area (TPSA) is 23.3 Å². The van der Waals surface area contributed by atoms with Crippen LogP contribution in [-0.4, -0.2) is 0 Å². The highest BCUT2D eigenvalue weighted by molar-refractivity contribution is 5.66. The first-order valence-corrected chi connectivity index (χ1v) is 38.6. The molecule has 6 heterocycles. The zero-order valence-corrected chi connectivity index (χ0v) is 68.4. The summed E-state index contributed by atoms with van der Waals surface area (Å²) in [6.45, 7) is 7.27. The number of benzene rings is 6. The van der Waals surface area contributed by atoms with Gasteiger partial charge in [-0.2, -0.15) is 0 Å². The highest BCUT2D eigenvalue weighted by Crippen LogP contribution is 2.39. The molecule has 0 amide bonds. The molecule has 0 radical (unpaired) electrons. The number of nitrogens with zero attached hydrogens (tertiary/aromatic N) is 6. The Hall–Kier alpha value is -9.78. The molecular formula is C105H134N6+6. The van der Waals surface area contributed by atoms with E-state index < -0.39 is 89.5 Å². The summed E-state index contributed by atoms with van der Waals surface area (Å²) >= 11 is 0. The van der Waals surface area contributed by atoms with Crippen molar-refractivity contribution in [3.8, 4) is 67.5 Å². The van der Waals surface area contributed by atoms with E-state index in [0.717, 1.165) is 135 Å². The molecule has 6 heteroatoms. The van der Waals surface area contributed by atoms with Crippen molar-refractivity contribution >= 4 is 0 Å². The fourth-order valence-corrected chi connectivity index (χ4v) is 15.0. The molecule has 0 bridgehead atoms. The first kappa shape index (κ1) is 54.0. The summed E-state index contributed by atoms with van der Waals surface area (Å²) in [6.07, 6.45) is 6.73. The number of rotatable bonds is 15. The normalized spacial score (nSPS) is 17.8. The van der Waals surface area contributed by atoms with Gasteiger partial charge in [-0.25, -0.2) is 27.4 Å². The number of aromatic nitrogens is 6. The van der Waals surface area contributed by atoms with Crippen LogP contribution in [0.2, 0.25) is 0 Å². The average molecular weight is 1510 g/mol. The van der Waals surface area contributed by atoms with Crippen LogP contribution in [0.25, 0.3) is 67.5 Å². The van der Waals surface area contributed by atoms with Crippen molar-refractivity contribution in [1.82, 2.24) is 0 Å².